The van der Waals surface area contributed by atoms with Crippen molar-refractivity contribution in [1.29, 1.82) is 0 Å². The Hall–Kier alpha value is -3.71. The molecule has 190 valence electrons. The zero-order chi connectivity index (χ0) is 25.7. The number of hydrogen-bond acceptors (Lipinski definition) is 5. The molecule has 1 amide bonds. The highest BCUT2D eigenvalue weighted by molar-refractivity contribution is 5.98. The zero-order valence-corrected chi connectivity index (χ0v) is 21.9. The van der Waals surface area contributed by atoms with Gasteiger partial charge in [-0.1, -0.05) is 12.1 Å². The number of benzene rings is 2. The maximum absolute atomic E-state index is 13.6. The number of aryl methyl sites for hydroxylation is 3. The molecule has 0 spiro atoms. The Bertz CT molecular complexity index is 1500. The normalized spacial score (nSPS) is 18.4. The van der Waals surface area contributed by atoms with Crippen molar-refractivity contribution >= 4 is 16.8 Å². The molecule has 1 unspecified atom stereocenters. The fourth-order valence-electron chi connectivity index (χ4n) is 5.25. The molecule has 1 saturated heterocycles. The summed E-state index contributed by atoms with van der Waals surface area (Å²) in [5, 5.41) is 8.84. The monoisotopic (exact) mass is 495 g/mol. The van der Waals surface area contributed by atoms with Crippen LogP contribution < -0.4 is 10.1 Å². The van der Waals surface area contributed by atoms with Gasteiger partial charge in [0.1, 0.15) is 12.4 Å². The number of rotatable bonds is 7. The van der Waals surface area contributed by atoms with Crippen molar-refractivity contribution < 1.29 is 9.53 Å². The number of pyridine rings is 1. The molecular weight excluding hydrogens is 462 g/mol. The maximum atomic E-state index is 13.6. The lowest BCUT2D eigenvalue weighted by Crippen LogP contribution is -2.48. The van der Waals surface area contributed by atoms with Crippen molar-refractivity contribution in [1.82, 2.24) is 25.0 Å². The number of likely N-dealkylation sites (tertiary alicyclic amines) is 1. The molecule has 2 fully saturated rings. The molecule has 7 nitrogen and oxygen atoms in total. The average Bonchev–Trinajstić information content (AvgIpc) is 3.52. The van der Waals surface area contributed by atoms with E-state index in [1.807, 2.05) is 57.6 Å². The summed E-state index contributed by atoms with van der Waals surface area (Å²) in [7, 11) is 4.03. The molecule has 2 aromatic carbocycles. The highest BCUT2D eigenvalue weighted by Gasteiger charge is 2.47. The number of fused-ring (bicyclic) bond motifs is 1. The quantitative estimate of drug-likeness (QED) is 0.401. The SMILES string of the molecule is Cc1ccc2c(C3(NC(=O)c4cc(OCC5CCN5C)ccc4C)CC3)cc(-c3cnn(C)c3)cc2n1. The lowest BCUT2D eigenvalue weighted by molar-refractivity contribution is 0.0767. The van der Waals surface area contributed by atoms with Crippen molar-refractivity contribution in [2.75, 3.05) is 20.2 Å². The van der Waals surface area contributed by atoms with E-state index in [9.17, 15) is 4.79 Å². The zero-order valence-electron chi connectivity index (χ0n) is 21.9. The first-order chi connectivity index (χ1) is 17.8. The second kappa shape index (κ2) is 8.99. The summed E-state index contributed by atoms with van der Waals surface area (Å²) < 4.78 is 7.86. The van der Waals surface area contributed by atoms with E-state index in [-0.39, 0.29) is 5.91 Å². The number of aromatic nitrogens is 3. The van der Waals surface area contributed by atoms with Crippen LogP contribution in [-0.2, 0) is 12.6 Å². The van der Waals surface area contributed by atoms with Crippen LogP contribution in [0.4, 0.5) is 0 Å². The lowest BCUT2D eigenvalue weighted by atomic mass is 9.94. The number of hydrogen-bond donors (Lipinski definition) is 1. The average molecular weight is 496 g/mol. The first-order valence-corrected chi connectivity index (χ1v) is 13.0. The Morgan fingerprint density at radius 2 is 1.95 bits per heavy atom. The van der Waals surface area contributed by atoms with E-state index in [0.29, 0.717) is 18.2 Å². The van der Waals surface area contributed by atoms with Gasteiger partial charge in [0.15, 0.2) is 0 Å². The van der Waals surface area contributed by atoms with E-state index in [1.165, 1.54) is 0 Å². The molecule has 1 N–H and O–H groups in total. The van der Waals surface area contributed by atoms with E-state index in [4.69, 9.17) is 9.72 Å². The number of carbonyl (C=O) groups is 1. The fourth-order valence-corrected chi connectivity index (χ4v) is 5.25. The molecule has 2 aliphatic rings. The maximum Gasteiger partial charge on any atom is 0.252 e. The molecular formula is C30H33N5O2. The largest absolute Gasteiger partial charge is 0.492 e. The van der Waals surface area contributed by atoms with Crippen LogP contribution in [0.3, 0.4) is 0 Å². The summed E-state index contributed by atoms with van der Waals surface area (Å²) in [5.41, 5.74) is 6.29. The first kappa shape index (κ1) is 23.7. The first-order valence-electron chi connectivity index (χ1n) is 13.0. The molecule has 3 heterocycles. The van der Waals surface area contributed by atoms with Crippen LogP contribution in [0.1, 0.15) is 46.4 Å². The van der Waals surface area contributed by atoms with E-state index in [0.717, 1.165) is 70.4 Å². The number of likely N-dealkylation sites (N-methyl/N-ethyl adjacent to an activating group) is 1. The fraction of sp³-hybridized carbons (Fsp3) is 0.367. The van der Waals surface area contributed by atoms with Crippen molar-refractivity contribution in [3.05, 3.63) is 77.2 Å². The second-order valence-electron chi connectivity index (χ2n) is 10.7. The third-order valence-electron chi connectivity index (χ3n) is 7.94. The van der Waals surface area contributed by atoms with E-state index in [2.05, 4.69) is 40.6 Å². The van der Waals surface area contributed by atoms with Crippen molar-refractivity contribution in [3.8, 4) is 16.9 Å². The van der Waals surface area contributed by atoms with Crippen LogP contribution >= 0.6 is 0 Å². The van der Waals surface area contributed by atoms with Crippen molar-refractivity contribution in [2.45, 2.75) is 44.7 Å². The number of ether oxygens (including phenoxy) is 1. The van der Waals surface area contributed by atoms with Gasteiger partial charge in [-0.15, -0.1) is 0 Å². The van der Waals surface area contributed by atoms with Gasteiger partial charge in [0.25, 0.3) is 5.91 Å². The number of nitrogens with one attached hydrogen (secondary N) is 1. The topological polar surface area (TPSA) is 72.3 Å². The van der Waals surface area contributed by atoms with E-state index >= 15 is 0 Å². The molecule has 1 aliphatic heterocycles. The summed E-state index contributed by atoms with van der Waals surface area (Å²) in [6.07, 6.45) is 6.81. The molecule has 4 aromatic rings. The Morgan fingerprint density at radius 3 is 2.62 bits per heavy atom. The van der Waals surface area contributed by atoms with Gasteiger partial charge >= 0.3 is 0 Å². The van der Waals surface area contributed by atoms with Gasteiger partial charge in [-0.3, -0.25) is 19.4 Å². The summed E-state index contributed by atoms with van der Waals surface area (Å²) in [4.78, 5) is 20.8. The summed E-state index contributed by atoms with van der Waals surface area (Å²) in [6.45, 7) is 5.74. The molecule has 1 saturated carbocycles. The van der Waals surface area contributed by atoms with Crippen LogP contribution in [0.25, 0.3) is 22.0 Å². The highest BCUT2D eigenvalue weighted by atomic mass is 16.5. The van der Waals surface area contributed by atoms with E-state index in [1.54, 1.807) is 4.68 Å². The van der Waals surface area contributed by atoms with Crippen LogP contribution in [0.15, 0.2) is 54.9 Å². The van der Waals surface area contributed by atoms with Gasteiger partial charge in [0.2, 0.25) is 0 Å². The smallest absolute Gasteiger partial charge is 0.252 e. The van der Waals surface area contributed by atoms with Gasteiger partial charge in [-0.25, -0.2) is 0 Å². The number of amides is 1. The van der Waals surface area contributed by atoms with E-state index < -0.39 is 5.54 Å². The van der Waals surface area contributed by atoms with Gasteiger partial charge < -0.3 is 10.1 Å². The van der Waals surface area contributed by atoms with Gasteiger partial charge in [0, 0.05) is 41.5 Å². The second-order valence-corrected chi connectivity index (χ2v) is 10.7. The minimum atomic E-state index is -0.414. The Labute approximate surface area is 217 Å². The molecule has 37 heavy (non-hydrogen) atoms. The third kappa shape index (κ3) is 4.48. The Kier molecular flexibility index (Phi) is 5.75. The summed E-state index contributed by atoms with van der Waals surface area (Å²) >= 11 is 0. The van der Waals surface area contributed by atoms with Gasteiger partial charge in [0.05, 0.1) is 17.3 Å². The molecule has 6 rings (SSSR count). The summed E-state index contributed by atoms with van der Waals surface area (Å²) in [5.74, 6) is 0.672. The predicted octanol–water partition coefficient (Wildman–Crippen LogP) is 4.75. The predicted molar refractivity (Wildman–Crippen MR) is 145 cm³/mol. The van der Waals surface area contributed by atoms with Crippen molar-refractivity contribution in [3.63, 3.8) is 0 Å². The van der Waals surface area contributed by atoms with Gasteiger partial charge in [-0.05, 0) is 93.7 Å². The van der Waals surface area contributed by atoms with Crippen LogP contribution in [0.5, 0.6) is 5.75 Å². The van der Waals surface area contributed by atoms with Crippen LogP contribution in [-0.4, -0.2) is 51.8 Å². The standard InChI is InChI=1S/C30H33N5O2/c1-19-5-7-24(37-18-23-9-12-34(23)3)15-26(19)29(36)33-30(10-11-30)27-13-21(22-16-31-35(4)17-22)14-28-25(27)8-6-20(2)32-28/h5-8,13-17,23H,9-12,18H2,1-4H3,(H,33,36). The Morgan fingerprint density at radius 1 is 1.11 bits per heavy atom. The van der Waals surface area contributed by atoms with Crippen LogP contribution in [0.2, 0.25) is 0 Å². The highest BCUT2D eigenvalue weighted by Crippen LogP contribution is 2.49. The molecule has 2 aromatic heterocycles. The summed E-state index contributed by atoms with van der Waals surface area (Å²) in [6, 6.07) is 14.7. The minimum Gasteiger partial charge on any atom is -0.492 e. The van der Waals surface area contributed by atoms with Crippen molar-refractivity contribution in [2.24, 2.45) is 7.05 Å². The third-order valence-corrected chi connectivity index (χ3v) is 7.94. The van der Waals surface area contributed by atoms with Gasteiger partial charge in [-0.2, -0.15) is 5.10 Å². The number of carbonyl (C=O) groups excluding carboxylic acids is 1. The lowest BCUT2D eigenvalue weighted by Gasteiger charge is -2.37. The molecule has 1 aliphatic carbocycles. The minimum absolute atomic E-state index is 0.0683. The number of nitrogens with zero attached hydrogens (tertiary/aromatic N) is 4. The molecule has 0 bridgehead atoms. The Balaban J connectivity index is 1.31. The molecule has 7 heteroatoms. The van der Waals surface area contributed by atoms with Crippen LogP contribution in [0, 0.1) is 13.8 Å². The molecule has 1 atom stereocenters. The molecule has 0 radical (unpaired) electrons.